The van der Waals surface area contributed by atoms with Gasteiger partial charge in [-0.05, 0) is 20.3 Å². The number of rotatable bonds is 3. The maximum absolute atomic E-state index is 10.8. The summed E-state index contributed by atoms with van der Waals surface area (Å²) in [6.07, 6.45) is 5.94. The zero-order valence-electron chi connectivity index (χ0n) is 10.9. The largest absolute Gasteiger partial charge is 0.385 e. The van der Waals surface area contributed by atoms with Crippen molar-refractivity contribution in [3.05, 3.63) is 18.0 Å². The van der Waals surface area contributed by atoms with Crippen molar-refractivity contribution in [2.24, 2.45) is 0 Å². The van der Waals surface area contributed by atoms with Crippen LogP contribution >= 0.6 is 0 Å². The van der Waals surface area contributed by atoms with Gasteiger partial charge in [0, 0.05) is 31.1 Å². The summed E-state index contributed by atoms with van der Waals surface area (Å²) in [5.41, 5.74) is -0.0834. The monoisotopic (exact) mass is 238 g/mol. The summed E-state index contributed by atoms with van der Waals surface area (Å²) in [7, 11) is 0. The number of aryl methyl sites for hydroxylation is 1. The third kappa shape index (κ3) is 2.38. The number of hydrogen-bond acceptors (Lipinski definition) is 3. The molecule has 1 fully saturated rings. The summed E-state index contributed by atoms with van der Waals surface area (Å²) in [6, 6.07) is 0. The highest BCUT2D eigenvalue weighted by Crippen LogP contribution is 2.40. The quantitative estimate of drug-likeness (QED) is 0.877. The minimum Gasteiger partial charge on any atom is -0.385 e. The number of aromatic nitrogens is 2. The van der Waals surface area contributed by atoms with Crippen LogP contribution in [0.4, 0.5) is 0 Å². The van der Waals surface area contributed by atoms with Crippen LogP contribution < -0.4 is 0 Å². The van der Waals surface area contributed by atoms with Crippen molar-refractivity contribution in [3.63, 3.8) is 0 Å². The van der Waals surface area contributed by atoms with E-state index in [4.69, 9.17) is 4.74 Å². The van der Waals surface area contributed by atoms with Gasteiger partial charge in [0.15, 0.2) is 0 Å². The summed E-state index contributed by atoms with van der Waals surface area (Å²) in [5, 5.41) is 15.0. The summed E-state index contributed by atoms with van der Waals surface area (Å²) >= 11 is 0. The molecule has 0 aromatic carbocycles. The van der Waals surface area contributed by atoms with Crippen LogP contribution in [0.15, 0.2) is 12.4 Å². The van der Waals surface area contributed by atoms with Gasteiger partial charge < -0.3 is 9.84 Å². The van der Waals surface area contributed by atoms with Gasteiger partial charge in [-0.3, -0.25) is 4.68 Å². The summed E-state index contributed by atoms with van der Waals surface area (Å²) < 4.78 is 7.63. The summed E-state index contributed by atoms with van der Waals surface area (Å²) in [6.45, 7) is 7.65. The standard InChI is InChI=1S/C13H22N2O2/c1-4-12(3)10-13(16,6-7-17-12)11-8-14-15(5-2)9-11/h8-9,16H,4-7,10H2,1-3H3. The van der Waals surface area contributed by atoms with E-state index in [0.29, 0.717) is 19.4 Å². The second-order valence-corrected chi connectivity index (χ2v) is 5.19. The SMILES string of the molecule is CCn1cc(C2(O)CCOC(C)(CC)C2)cn1. The number of aliphatic hydroxyl groups is 1. The molecule has 0 radical (unpaired) electrons. The van der Waals surface area contributed by atoms with Crippen LogP contribution in [0.3, 0.4) is 0 Å². The molecule has 17 heavy (non-hydrogen) atoms. The summed E-state index contributed by atoms with van der Waals surface area (Å²) in [4.78, 5) is 0. The molecule has 96 valence electrons. The first kappa shape index (κ1) is 12.6. The maximum Gasteiger partial charge on any atom is 0.0976 e. The Morgan fingerprint density at radius 3 is 2.88 bits per heavy atom. The van der Waals surface area contributed by atoms with Crippen molar-refractivity contribution in [2.45, 2.75) is 57.8 Å². The Bertz CT molecular complexity index is 391. The molecule has 0 bridgehead atoms. The van der Waals surface area contributed by atoms with E-state index in [-0.39, 0.29) is 5.60 Å². The van der Waals surface area contributed by atoms with E-state index in [2.05, 4.69) is 18.9 Å². The lowest BCUT2D eigenvalue weighted by atomic mass is 9.79. The normalized spacial score (nSPS) is 33.9. The first-order valence-electron chi connectivity index (χ1n) is 6.40. The predicted octanol–water partition coefficient (Wildman–Crippen LogP) is 2.07. The lowest BCUT2D eigenvalue weighted by Gasteiger charge is -2.42. The Morgan fingerprint density at radius 1 is 1.53 bits per heavy atom. The third-order valence-corrected chi connectivity index (χ3v) is 3.88. The van der Waals surface area contributed by atoms with Crippen LogP contribution in [0.5, 0.6) is 0 Å². The van der Waals surface area contributed by atoms with E-state index in [1.54, 1.807) is 6.20 Å². The second kappa shape index (κ2) is 4.42. The Morgan fingerprint density at radius 2 is 2.29 bits per heavy atom. The number of hydrogen-bond donors (Lipinski definition) is 1. The van der Waals surface area contributed by atoms with Gasteiger partial charge in [-0.25, -0.2) is 0 Å². The molecule has 0 spiro atoms. The molecule has 0 saturated carbocycles. The topological polar surface area (TPSA) is 47.3 Å². The molecule has 1 aliphatic heterocycles. The van der Waals surface area contributed by atoms with Crippen LogP contribution in [0.25, 0.3) is 0 Å². The fraction of sp³-hybridized carbons (Fsp3) is 0.769. The zero-order valence-corrected chi connectivity index (χ0v) is 10.9. The molecule has 4 heteroatoms. The summed E-state index contributed by atoms with van der Waals surface area (Å²) in [5.74, 6) is 0. The zero-order chi connectivity index (χ0) is 12.5. The minimum absolute atomic E-state index is 0.221. The van der Waals surface area contributed by atoms with Crippen molar-refractivity contribution >= 4 is 0 Å². The van der Waals surface area contributed by atoms with Gasteiger partial charge >= 0.3 is 0 Å². The van der Waals surface area contributed by atoms with Crippen LogP contribution in [-0.4, -0.2) is 27.1 Å². The predicted molar refractivity (Wildman–Crippen MR) is 65.7 cm³/mol. The smallest absolute Gasteiger partial charge is 0.0976 e. The molecular formula is C13H22N2O2. The lowest BCUT2D eigenvalue weighted by Crippen LogP contribution is -2.45. The van der Waals surface area contributed by atoms with Gasteiger partial charge in [0.05, 0.1) is 24.0 Å². The van der Waals surface area contributed by atoms with Gasteiger partial charge in [0.25, 0.3) is 0 Å². The fourth-order valence-corrected chi connectivity index (χ4v) is 2.47. The molecule has 2 rings (SSSR count). The Kier molecular flexibility index (Phi) is 3.27. The van der Waals surface area contributed by atoms with Crippen molar-refractivity contribution in [1.82, 2.24) is 9.78 Å². The minimum atomic E-state index is -0.781. The molecular weight excluding hydrogens is 216 g/mol. The van der Waals surface area contributed by atoms with Crippen LogP contribution in [0.1, 0.15) is 45.6 Å². The Balaban J connectivity index is 2.23. The molecule has 2 heterocycles. The molecule has 0 aliphatic carbocycles. The van der Waals surface area contributed by atoms with E-state index in [1.807, 2.05) is 17.8 Å². The van der Waals surface area contributed by atoms with E-state index >= 15 is 0 Å². The van der Waals surface area contributed by atoms with Gasteiger partial charge in [-0.15, -0.1) is 0 Å². The van der Waals surface area contributed by atoms with E-state index in [1.165, 1.54) is 0 Å². The highest BCUT2D eigenvalue weighted by Gasteiger charge is 2.42. The van der Waals surface area contributed by atoms with Crippen molar-refractivity contribution in [1.29, 1.82) is 0 Å². The van der Waals surface area contributed by atoms with Crippen molar-refractivity contribution < 1.29 is 9.84 Å². The lowest BCUT2D eigenvalue weighted by molar-refractivity contribution is -0.157. The fourth-order valence-electron chi connectivity index (χ4n) is 2.47. The average Bonchev–Trinajstić information content (AvgIpc) is 2.78. The average molecular weight is 238 g/mol. The molecule has 1 aromatic heterocycles. The van der Waals surface area contributed by atoms with Crippen molar-refractivity contribution in [2.75, 3.05) is 6.61 Å². The van der Waals surface area contributed by atoms with Gasteiger partial charge in [-0.2, -0.15) is 5.10 Å². The van der Waals surface area contributed by atoms with Crippen LogP contribution in [0.2, 0.25) is 0 Å². The number of nitrogens with zero attached hydrogens (tertiary/aromatic N) is 2. The molecule has 1 aliphatic rings. The van der Waals surface area contributed by atoms with Gasteiger partial charge in [-0.1, -0.05) is 6.92 Å². The van der Waals surface area contributed by atoms with E-state index in [9.17, 15) is 5.11 Å². The van der Waals surface area contributed by atoms with E-state index < -0.39 is 5.60 Å². The Hall–Kier alpha value is -0.870. The van der Waals surface area contributed by atoms with Crippen LogP contribution in [0, 0.1) is 0 Å². The van der Waals surface area contributed by atoms with Gasteiger partial charge in [0.2, 0.25) is 0 Å². The van der Waals surface area contributed by atoms with Crippen LogP contribution in [-0.2, 0) is 16.9 Å². The molecule has 4 nitrogen and oxygen atoms in total. The second-order valence-electron chi connectivity index (χ2n) is 5.19. The van der Waals surface area contributed by atoms with Gasteiger partial charge in [0.1, 0.15) is 0 Å². The molecule has 1 N–H and O–H groups in total. The maximum atomic E-state index is 10.8. The first-order valence-corrected chi connectivity index (χ1v) is 6.40. The molecule has 1 aromatic rings. The highest BCUT2D eigenvalue weighted by molar-refractivity contribution is 5.17. The molecule has 2 unspecified atom stereocenters. The van der Waals surface area contributed by atoms with Crippen molar-refractivity contribution in [3.8, 4) is 0 Å². The first-order chi connectivity index (χ1) is 8.01. The molecule has 1 saturated heterocycles. The third-order valence-electron chi connectivity index (χ3n) is 3.88. The Labute approximate surface area is 103 Å². The van der Waals surface area contributed by atoms with E-state index in [0.717, 1.165) is 18.5 Å². The molecule has 0 amide bonds. The molecule has 2 atom stereocenters. The highest BCUT2D eigenvalue weighted by atomic mass is 16.5. The number of ether oxygens (including phenoxy) is 1.